The highest BCUT2D eigenvalue weighted by molar-refractivity contribution is 5.84. The molecule has 3 N–H and O–H groups in total. The van der Waals surface area contributed by atoms with Gasteiger partial charge in [-0.15, -0.1) is 0 Å². The van der Waals surface area contributed by atoms with Crippen molar-refractivity contribution in [3.05, 3.63) is 12.2 Å². The van der Waals surface area contributed by atoms with Gasteiger partial charge in [-0.2, -0.15) is 0 Å². The Balaban J connectivity index is 2.90. The molecule has 1 aliphatic rings. The Morgan fingerprint density at radius 1 is 1.36 bits per heavy atom. The van der Waals surface area contributed by atoms with Crippen molar-refractivity contribution in [3.8, 4) is 0 Å². The van der Waals surface area contributed by atoms with Crippen LogP contribution >= 0.6 is 0 Å². The lowest BCUT2D eigenvalue weighted by atomic mass is 9.86. The van der Waals surface area contributed by atoms with E-state index in [0.717, 1.165) is 0 Å². The van der Waals surface area contributed by atoms with Crippen LogP contribution in [-0.4, -0.2) is 34.7 Å². The largest absolute Gasteiger partial charge is 0.481 e. The Kier molecular flexibility index (Phi) is 2.90. The third kappa shape index (κ3) is 1.77. The number of carboxylic acid groups (broad SMARTS) is 2. The van der Waals surface area contributed by atoms with E-state index in [9.17, 15) is 9.59 Å². The first-order valence-electron chi connectivity index (χ1n) is 4.29. The van der Waals surface area contributed by atoms with E-state index in [4.69, 9.17) is 10.2 Å². The summed E-state index contributed by atoms with van der Waals surface area (Å²) in [6.07, 6.45) is 0. The van der Waals surface area contributed by atoms with Crippen molar-refractivity contribution in [3.63, 3.8) is 0 Å². The highest BCUT2D eigenvalue weighted by Crippen LogP contribution is 2.28. The lowest BCUT2D eigenvalue weighted by molar-refractivity contribution is -0.150. The molecular weight excluding hydrogens is 186 g/mol. The van der Waals surface area contributed by atoms with Crippen LogP contribution < -0.4 is 5.32 Å². The average Bonchev–Trinajstić information content (AvgIpc) is 2.46. The molecule has 0 aliphatic carbocycles. The second-order valence-electron chi connectivity index (χ2n) is 3.54. The maximum atomic E-state index is 10.9. The monoisotopic (exact) mass is 199 g/mol. The maximum absolute atomic E-state index is 10.9. The zero-order valence-corrected chi connectivity index (χ0v) is 7.86. The van der Waals surface area contributed by atoms with Gasteiger partial charge in [0.1, 0.15) is 6.04 Å². The van der Waals surface area contributed by atoms with Crippen molar-refractivity contribution >= 4 is 11.9 Å². The number of rotatable bonds is 3. The summed E-state index contributed by atoms with van der Waals surface area (Å²) in [4.78, 5) is 21.6. The van der Waals surface area contributed by atoms with Crippen LogP contribution in [0.15, 0.2) is 12.2 Å². The summed E-state index contributed by atoms with van der Waals surface area (Å²) < 4.78 is 0. The van der Waals surface area contributed by atoms with Crippen LogP contribution in [0.5, 0.6) is 0 Å². The van der Waals surface area contributed by atoms with Crippen LogP contribution in [0.1, 0.15) is 6.92 Å². The first-order valence-corrected chi connectivity index (χ1v) is 4.29. The fourth-order valence-corrected chi connectivity index (χ4v) is 1.78. The SMILES string of the molecule is C=C(C)[C@H]1CN[C@H](C(=O)O)[C@H]1C(=O)O. The van der Waals surface area contributed by atoms with Gasteiger partial charge in [-0.1, -0.05) is 12.2 Å². The van der Waals surface area contributed by atoms with Crippen molar-refractivity contribution < 1.29 is 19.8 Å². The second kappa shape index (κ2) is 3.79. The van der Waals surface area contributed by atoms with Crippen molar-refractivity contribution in [2.45, 2.75) is 13.0 Å². The van der Waals surface area contributed by atoms with E-state index in [1.807, 2.05) is 0 Å². The molecule has 5 heteroatoms. The molecule has 1 fully saturated rings. The summed E-state index contributed by atoms with van der Waals surface area (Å²) in [6, 6.07) is -1.01. The van der Waals surface area contributed by atoms with Crippen LogP contribution in [0.2, 0.25) is 0 Å². The van der Waals surface area contributed by atoms with Gasteiger partial charge in [0.2, 0.25) is 0 Å². The number of nitrogens with one attached hydrogen (secondary N) is 1. The van der Waals surface area contributed by atoms with E-state index in [1.165, 1.54) is 0 Å². The summed E-state index contributed by atoms with van der Waals surface area (Å²) in [5.41, 5.74) is 0.702. The highest BCUT2D eigenvalue weighted by Gasteiger charge is 2.44. The Morgan fingerprint density at radius 2 is 1.93 bits per heavy atom. The Labute approximate surface area is 81.4 Å². The molecule has 0 bridgehead atoms. The Hall–Kier alpha value is -1.36. The summed E-state index contributed by atoms with van der Waals surface area (Å²) in [5.74, 6) is -3.42. The minimum Gasteiger partial charge on any atom is -0.481 e. The highest BCUT2D eigenvalue weighted by atomic mass is 16.4. The van der Waals surface area contributed by atoms with E-state index in [0.29, 0.717) is 12.1 Å². The molecule has 0 spiro atoms. The topological polar surface area (TPSA) is 86.6 Å². The smallest absolute Gasteiger partial charge is 0.321 e. The van der Waals surface area contributed by atoms with E-state index in [2.05, 4.69) is 11.9 Å². The quantitative estimate of drug-likeness (QED) is 0.554. The summed E-state index contributed by atoms with van der Waals surface area (Å²) in [6.45, 7) is 5.75. The summed E-state index contributed by atoms with van der Waals surface area (Å²) in [5, 5.41) is 20.4. The van der Waals surface area contributed by atoms with Crippen molar-refractivity contribution in [2.24, 2.45) is 11.8 Å². The molecule has 0 aromatic rings. The number of hydrogen-bond acceptors (Lipinski definition) is 3. The van der Waals surface area contributed by atoms with Crippen LogP contribution in [0.3, 0.4) is 0 Å². The molecule has 1 aliphatic heterocycles. The van der Waals surface area contributed by atoms with Gasteiger partial charge in [0.15, 0.2) is 0 Å². The third-order valence-corrected chi connectivity index (χ3v) is 2.53. The summed E-state index contributed by atoms with van der Waals surface area (Å²) >= 11 is 0. The summed E-state index contributed by atoms with van der Waals surface area (Å²) in [7, 11) is 0. The van der Waals surface area contributed by atoms with E-state index in [-0.39, 0.29) is 5.92 Å². The zero-order valence-electron chi connectivity index (χ0n) is 7.86. The molecule has 3 atom stereocenters. The van der Waals surface area contributed by atoms with Gasteiger partial charge in [-0.3, -0.25) is 9.59 Å². The van der Waals surface area contributed by atoms with E-state index in [1.54, 1.807) is 6.92 Å². The van der Waals surface area contributed by atoms with Crippen LogP contribution in [0.4, 0.5) is 0 Å². The maximum Gasteiger partial charge on any atom is 0.321 e. The molecule has 0 saturated carbocycles. The molecule has 0 aromatic heterocycles. The second-order valence-corrected chi connectivity index (χ2v) is 3.54. The number of aliphatic carboxylic acids is 2. The van der Waals surface area contributed by atoms with Gasteiger partial charge in [-0.25, -0.2) is 0 Å². The minimum absolute atomic E-state index is 0.298. The third-order valence-electron chi connectivity index (χ3n) is 2.53. The van der Waals surface area contributed by atoms with Crippen LogP contribution in [0, 0.1) is 11.8 Å². The number of hydrogen-bond donors (Lipinski definition) is 3. The molecule has 1 rings (SSSR count). The van der Waals surface area contributed by atoms with Gasteiger partial charge in [0.25, 0.3) is 0 Å². The predicted octanol–water partition coefficient (Wildman–Crippen LogP) is -0.0641. The molecule has 78 valence electrons. The zero-order chi connectivity index (χ0) is 10.9. The lowest BCUT2D eigenvalue weighted by Crippen LogP contribution is -2.39. The van der Waals surface area contributed by atoms with Gasteiger partial charge < -0.3 is 15.5 Å². The number of carboxylic acids is 2. The Bertz CT molecular complexity index is 265. The predicted molar refractivity (Wildman–Crippen MR) is 48.9 cm³/mol. The first-order chi connectivity index (χ1) is 6.45. The molecule has 0 unspecified atom stereocenters. The standard InChI is InChI=1S/C9H13NO4/c1-4(2)5-3-10-7(9(13)14)6(5)8(11)12/h5-7,10H,1,3H2,2H3,(H,11,12)(H,13,14)/t5-,6+,7+/m1/s1. The van der Waals surface area contributed by atoms with Crippen LogP contribution in [-0.2, 0) is 9.59 Å². The molecule has 5 nitrogen and oxygen atoms in total. The lowest BCUT2D eigenvalue weighted by Gasteiger charge is -2.17. The normalized spacial score (nSPS) is 31.4. The van der Waals surface area contributed by atoms with Crippen molar-refractivity contribution in [1.82, 2.24) is 5.32 Å². The minimum atomic E-state index is -1.12. The van der Waals surface area contributed by atoms with Gasteiger partial charge in [-0.05, 0) is 6.92 Å². The first kappa shape index (κ1) is 10.7. The molecule has 0 aromatic carbocycles. The van der Waals surface area contributed by atoms with E-state index >= 15 is 0 Å². The van der Waals surface area contributed by atoms with Gasteiger partial charge in [0, 0.05) is 12.5 Å². The fourth-order valence-electron chi connectivity index (χ4n) is 1.78. The van der Waals surface area contributed by atoms with Crippen molar-refractivity contribution in [1.29, 1.82) is 0 Å². The van der Waals surface area contributed by atoms with E-state index < -0.39 is 23.9 Å². The number of carbonyl (C=O) groups is 2. The van der Waals surface area contributed by atoms with Crippen molar-refractivity contribution in [2.75, 3.05) is 6.54 Å². The van der Waals surface area contributed by atoms with Gasteiger partial charge >= 0.3 is 11.9 Å². The average molecular weight is 199 g/mol. The fraction of sp³-hybridized carbons (Fsp3) is 0.556. The van der Waals surface area contributed by atoms with Crippen LogP contribution in [0.25, 0.3) is 0 Å². The van der Waals surface area contributed by atoms with Gasteiger partial charge in [0.05, 0.1) is 5.92 Å². The molecule has 1 heterocycles. The molecule has 0 amide bonds. The molecule has 1 saturated heterocycles. The molecule has 0 radical (unpaired) electrons. The Morgan fingerprint density at radius 3 is 2.29 bits per heavy atom. The molecular formula is C9H13NO4. The molecule has 14 heavy (non-hydrogen) atoms.